The molecule has 0 fully saturated rings. The van der Waals surface area contributed by atoms with Gasteiger partial charge in [-0.2, -0.15) is 0 Å². The Kier molecular flexibility index (Phi) is 4.04. The number of nitrogens with zero attached hydrogens (tertiary/aromatic N) is 2. The van der Waals surface area contributed by atoms with Gasteiger partial charge < -0.3 is 14.4 Å². The van der Waals surface area contributed by atoms with Crippen molar-refractivity contribution >= 4 is 17.6 Å². The number of halogens is 1. The van der Waals surface area contributed by atoms with Crippen molar-refractivity contribution in [2.75, 3.05) is 7.11 Å². The normalized spacial score (nSPS) is 10.5. The van der Waals surface area contributed by atoms with Crippen LogP contribution in [0, 0.1) is 0 Å². The van der Waals surface area contributed by atoms with Gasteiger partial charge >= 0.3 is 5.97 Å². The fourth-order valence-corrected chi connectivity index (χ4v) is 2.53. The van der Waals surface area contributed by atoms with Gasteiger partial charge in [0, 0.05) is 16.8 Å². The van der Waals surface area contributed by atoms with Crippen molar-refractivity contribution in [2.24, 2.45) is 0 Å². The van der Waals surface area contributed by atoms with E-state index in [1.807, 2.05) is 18.3 Å². The Labute approximate surface area is 137 Å². The topological polar surface area (TPSA) is 64.3 Å². The molecule has 23 heavy (non-hydrogen) atoms. The Morgan fingerprint density at radius 3 is 2.78 bits per heavy atom. The molecule has 0 unspecified atom stereocenters. The lowest BCUT2D eigenvalue weighted by molar-refractivity contribution is 0.0690. The van der Waals surface area contributed by atoms with Crippen molar-refractivity contribution in [3.05, 3.63) is 65.4 Å². The van der Waals surface area contributed by atoms with Crippen LogP contribution in [-0.2, 0) is 0 Å². The number of hydrogen-bond acceptors (Lipinski definition) is 3. The lowest BCUT2D eigenvalue weighted by atomic mass is 10.1. The van der Waals surface area contributed by atoms with Gasteiger partial charge in [-0.15, -0.1) is 0 Å². The summed E-state index contributed by atoms with van der Waals surface area (Å²) in [6, 6.07) is 13.9. The van der Waals surface area contributed by atoms with E-state index in [2.05, 4.69) is 4.98 Å². The molecule has 0 spiro atoms. The number of aromatic nitrogens is 2. The van der Waals surface area contributed by atoms with Gasteiger partial charge in [0.25, 0.3) is 0 Å². The zero-order valence-electron chi connectivity index (χ0n) is 12.2. The highest BCUT2D eigenvalue weighted by molar-refractivity contribution is 6.31. The van der Waals surface area contributed by atoms with E-state index < -0.39 is 5.97 Å². The molecule has 2 heterocycles. The molecule has 116 valence electrons. The first kappa shape index (κ1) is 15.1. The van der Waals surface area contributed by atoms with Crippen LogP contribution < -0.4 is 4.74 Å². The molecule has 0 aliphatic heterocycles. The Morgan fingerprint density at radius 2 is 2.04 bits per heavy atom. The summed E-state index contributed by atoms with van der Waals surface area (Å²) in [4.78, 5) is 15.3. The van der Waals surface area contributed by atoms with E-state index in [1.165, 1.54) is 6.07 Å². The minimum Gasteiger partial charge on any atom is -0.496 e. The number of carbonyl (C=O) groups is 1. The van der Waals surface area contributed by atoms with E-state index in [1.54, 1.807) is 42.0 Å². The summed E-state index contributed by atoms with van der Waals surface area (Å²) >= 11 is 6.10. The van der Waals surface area contributed by atoms with Crippen molar-refractivity contribution in [3.63, 3.8) is 0 Å². The van der Waals surface area contributed by atoms with E-state index in [0.717, 1.165) is 11.3 Å². The van der Waals surface area contributed by atoms with Crippen LogP contribution in [0.4, 0.5) is 0 Å². The SMILES string of the molecule is COc1ccc(Cl)cc1-c1cccn1-c1cccc(C(=O)O)n1. The second-order valence-corrected chi connectivity index (χ2v) is 5.23. The molecule has 3 rings (SSSR count). The number of aromatic carboxylic acids is 1. The van der Waals surface area contributed by atoms with Gasteiger partial charge in [0.15, 0.2) is 5.69 Å². The third kappa shape index (κ3) is 2.91. The Hall–Kier alpha value is -2.79. The van der Waals surface area contributed by atoms with Gasteiger partial charge in [-0.3, -0.25) is 0 Å². The maximum atomic E-state index is 11.1. The molecule has 2 aromatic heterocycles. The highest BCUT2D eigenvalue weighted by Crippen LogP contribution is 2.33. The molecule has 6 heteroatoms. The first-order valence-corrected chi connectivity index (χ1v) is 7.20. The maximum absolute atomic E-state index is 11.1. The van der Waals surface area contributed by atoms with Crippen LogP contribution in [0.25, 0.3) is 17.1 Å². The average molecular weight is 329 g/mol. The molecule has 0 amide bonds. The first-order valence-electron chi connectivity index (χ1n) is 6.82. The predicted molar refractivity (Wildman–Crippen MR) is 87.5 cm³/mol. The van der Waals surface area contributed by atoms with Gasteiger partial charge in [0.1, 0.15) is 11.6 Å². The number of hydrogen-bond donors (Lipinski definition) is 1. The third-order valence-electron chi connectivity index (χ3n) is 3.39. The number of carboxylic acids is 1. The minimum absolute atomic E-state index is 0.0137. The number of rotatable bonds is 4. The van der Waals surface area contributed by atoms with Crippen molar-refractivity contribution in [1.82, 2.24) is 9.55 Å². The second kappa shape index (κ2) is 6.14. The van der Waals surface area contributed by atoms with Crippen LogP contribution in [-0.4, -0.2) is 27.7 Å². The third-order valence-corrected chi connectivity index (χ3v) is 3.62. The molecule has 0 saturated heterocycles. The molecular weight excluding hydrogens is 316 g/mol. The summed E-state index contributed by atoms with van der Waals surface area (Å²) in [7, 11) is 1.59. The predicted octanol–water partition coefficient (Wildman–Crippen LogP) is 3.90. The molecular formula is C17H13ClN2O3. The minimum atomic E-state index is -1.07. The van der Waals surface area contributed by atoms with Crippen LogP contribution in [0.1, 0.15) is 10.5 Å². The second-order valence-electron chi connectivity index (χ2n) is 4.79. The molecule has 1 aromatic carbocycles. The quantitative estimate of drug-likeness (QED) is 0.789. The fourth-order valence-electron chi connectivity index (χ4n) is 2.36. The van der Waals surface area contributed by atoms with E-state index in [0.29, 0.717) is 16.6 Å². The molecule has 0 bridgehead atoms. The molecule has 0 aliphatic carbocycles. The summed E-state index contributed by atoms with van der Waals surface area (Å²) in [5.74, 6) is 0.108. The summed E-state index contributed by atoms with van der Waals surface area (Å²) in [6.07, 6.45) is 1.81. The van der Waals surface area contributed by atoms with E-state index in [-0.39, 0.29) is 5.69 Å². The van der Waals surface area contributed by atoms with E-state index in [4.69, 9.17) is 21.4 Å². The van der Waals surface area contributed by atoms with Crippen LogP contribution in [0.2, 0.25) is 5.02 Å². The molecule has 1 N–H and O–H groups in total. The first-order chi connectivity index (χ1) is 11.1. The van der Waals surface area contributed by atoms with Crippen LogP contribution in [0.3, 0.4) is 0 Å². The van der Waals surface area contributed by atoms with E-state index >= 15 is 0 Å². The molecule has 5 nitrogen and oxygen atoms in total. The average Bonchev–Trinajstić information content (AvgIpc) is 3.04. The number of ether oxygens (including phenoxy) is 1. The Balaban J connectivity index is 2.16. The van der Waals surface area contributed by atoms with Crippen molar-refractivity contribution in [2.45, 2.75) is 0 Å². The number of methoxy groups -OCH3 is 1. The number of benzene rings is 1. The highest BCUT2D eigenvalue weighted by atomic mass is 35.5. The highest BCUT2D eigenvalue weighted by Gasteiger charge is 2.14. The zero-order valence-corrected chi connectivity index (χ0v) is 13.0. The summed E-state index contributed by atoms with van der Waals surface area (Å²) < 4.78 is 7.18. The summed E-state index contributed by atoms with van der Waals surface area (Å²) in [5.41, 5.74) is 1.59. The smallest absolute Gasteiger partial charge is 0.354 e. The number of pyridine rings is 1. The zero-order chi connectivity index (χ0) is 16.4. The van der Waals surface area contributed by atoms with Crippen LogP contribution in [0.15, 0.2) is 54.7 Å². The standard InChI is InChI=1S/C17H13ClN2O3/c1-23-15-8-7-11(18)10-12(15)14-5-3-9-20(14)16-6-2-4-13(19-16)17(21)22/h2-10H,1H3,(H,21,22). The van der Waals surface area contributed by atoms with Crippen molar-refractivity contribution in [3.8, 4) is 22.8 Å². The summed E-state index contributed by atoms with van der Waals surface area (Å²) in [6.45, 7) is 0. The Bertz CT molecular complexity index is 874. The van der Waals surface area contributed by atoms with Crippen molar-refractivity contribution in [1.29, 1.82) is 0 Å². The lowest BCUT2D eigenvalue weighted by Crippen LogP contribution is -2.05. The molecule has 0 atom stereocenters. The largest absolute Gasteiger partial charge is 0.496 e. The van der Waals surface area contributed by atoms with Gasteiger partial charge in [0.2, 0.25) is 0 Å². The monoisotopic (exact) mass is 328 g/mol. The van der Waals surface area contributed by atoms with Gasteiger partial charge in [-0.05, 0) is 42.5 Å². The summed E-state index contributed by atoms with van der Waals surface area (Å²) in [5, 5.41) is 9.69. The Morgan fingerprint density at radius 1 is 1.22 bits per heavy atom. The van der Waals surface area contributed by atoms with Gasteiger partial charge in [-0.1, -0.05) is 17.7 Å². The van der Waals surface area contributed by atoms with E-state index in [9.17, 15) is 4.79 Å². The fraction of sp³-hybridized carbons (Fsp3) is 0.0588. The van der Waals surface area contributed by atoms with Crippen LogP contribution >= 0.6 is 11.6 Å². The van der Waals surface area contributed by atoms with Gasteiger partial charge in [0.05, 0.1) is 12.8 Å². The lowest BCUT2D eigenvalue weighted by Gasteiger charge is -2.12. The maximum Gasteiger partial charge on any atom is 0.354 e. The van der Waals surface area contributed by atoms with Crippen LogP contribution in [0.5, 0.6) is 5.75 Å². The van der Waals surface area contributed by atoms with Crippen molar-refractivity contribution < 1.29 is 14.6 Å². The molecule has 0 radical (unpaired) electrons. The molecule has 0 aliphatic rings. The molecule has 3 aromatic rings. The number of carboxylic acid groups (broad SMARTS) is 1. The molecule has 0 saturated carbocycles. The van der Waals surface area contributed by atoms with Gasteiger partial charge in [-0.25, -0.2) is 9.78 Å².